The van der Waals surface area contributed by atoms with Crippen LogP contribution in [0.4, 0.5) is 5.69 Å². The number of nitrogen functional groups attached to an aromatic ring is 1. The third-order valence-electron chi connectivity index (χ3n) is 3.68. The Morgan fingerprint density at radius 3 is 2.16 bits per heavy atom. The van der Waals surface area contributed by atoms with Gasteiger partial charge in [0.25, 0.3) is 5.91 Å². The van der Waals surface area contributed by atoms with Gasteiger partial charge in [-0.05, 0) is 18.6 Å². The van der Waals surface area contributed by atoms with Crippen molar-refractivity contribution in [3.05, 3.63) is 47.5 Å². The van der Waals surface area contributed by atoms with Crippen LogP contribution in [-0.2, 0) is 6.42 Å². The summed E-state index contributed by atoms with van der Waals surface area (Å²) in [6.45, 7) is 0.423. The first-order valence-electron chi connectivity index (χ1n) is 7.52. The summed E-state index contributed by atoms with van der Waals surface area (Å²) in [4.78, 5) is 12.2. The average molecular weight is 367 g/mol. The van der Waals surface area contributed by atoms with Crippen LogP contribution in [0.15, 0.2) is 36.4 Å². The van der Waals surface area contributed by atoms with E-state index in [4.69, 9.17) is 19.9 Å². The molecule has 2 aromatic carbocycles. The van der Waals surface area contributed by atoms with Gasteiger partial charge in [0.05, 0.1) is 26.9 Å². The molecule has 0 aliphatic rings. The van der Waals surface area contributed by atoms with Crippen molar-refractivity contribution >= 4 is 24.0 Å². The van der Waals surface area contributed by atoms with Crippen molar-refractivity contribution < 1.29 is 19.0 Å². The standard InChI is InChI=1S/C18H22N2O4.ClH/c1-22-12-10-16(23-2)14(17(11-12)24-3)8-9-20-18(21)13-6-4-5-7-15(13)19;/h4-7,10-11H,8-9,19H2,1-3H3,(H,20,21);1H. The Bertz CT molecular complexity index is 697. The third-order valence-corrected chi connectivity index (χ3v) is 3.68. The van der Waals surface area contributed by atoms with Gasteiger partial charge >= 0.3 is 0 Å². The van der Waals surface area contributed by atoms with Crippen LogP contribution in [0.5, 0.6) is 17.2 Å². The molecule has 2 aromatic rings. The SMILES string of the molecule is COc1cc(OC)c(CCNC(=O)c2ccccc2N)c(OC)c1.Cl. The zero-order chi connectivity index (χ0) is 17.5. The van der Waals surface area contributed by atoms with Gasteiger partial charge in [-0.1, -0.05) is 12.1 Å². The molecular formula is C18H23ClN2O4. The van der Waals surface area contributed by atoms with Crippen molar-refractivity contribution in [2.24, 2.45) is 0 Å². The molecule has 6 nitrogen and oxygen atoms in total. The molecule has 0 fully saturated rings. The molecule has 0 spiro atoms. The Morgan fingerprint density at radius 1 is 1.04 bits per heavy atom. The predicted octanol–water partition coefficient (Wildman–Crippen LogP) is 2.69. The number of rotatable bonds is 7. The number of nitrogens with two attached hydrogens (primary N) is 1. The molecule has 25 heavy (non-hydrogen) atoms. The van der Waals surface area contributed by atoms with E-state index < -0.39 is 0 Å². The van der Waals surface area contributed by atoms with Crippen molar-refractivity contribution in [1.29, 1.82) is 0 Å². The average Bonchev–Trinajstić information content (AvgIpc) is 2.61. The van der Waals surface area contributed by atoms with E-state index in [1.807, 2.05) is 0 Å². The summed E-state index contributed by atoms with van der Waals surface area (Å²) in [6, 6.07) is 10.5. The summed E-state index contributed by atoms with van der Waals surface area (Å²) in [5.41, 5.74) is 7.59. The number of hydrogen-bond donors (Lipinski definition) is 2. The highest BCUT2D eigenvalue weighted by molar-refractivity contribution is 5.99. The molecule has 7 heteroatoms. The van der Waals surface area contributed by atoms with Gasteiger partial charge in [-0.15, -0.1) is 12.4 Å². The normalized spacial score (nSPS) is 9.72. The first-order valence-corrected chi connectivity index (χ1v) is 7.52. The molecule has 0 heterocycles. The van der Waals surface area contributed by atoms with E-state index in [1.165, 1.54) is 0 Å². The Hall–Kier alpha value is -2.60. The van der Waals surface area contributed by atoms with Gasteiger partial charge in [0, 0.05) is 29.9 Å². The molecule has 2 rings (SSSR count). The first kappa shape index (κ1) is 20.4. The zero-order valence-corrected chi connectivity index (χ0v) is 15.3. The number of methoxy groups -OCH3 is 3. The van der Waals surface area contributed by atoms with Gasteiger partial charge in [-0.2, -0.15) is 0 Å². The summed E-state index contributed by atoms with van der Waals surface area (Å²) < 4.78 is 16.0. The maximum atomic E-state index is 12.2. The number of halogens is 1. The van der Waals surface area contributed by atoms with Gasteiger partial charge < -0.3 is 25.3 Å². The number of anilines is 1. The van der Waals surface area contributed by atoms with Gasteiger partial charge in [0.15, 0.2) is 0 Å². The van der Waals surface area contributed by atoms with E-state index in [2.05, 4.69) is 5.32 Å². The molecule has 0 aliphatic carbocycles. The van der Waals surface area contributed by atoms with E-state index in [9.17, 15) is 4.79 Å². The molecule has 0 aromatic heterocycles. The quantitative estimate of drug-likeness (QED) is 0.736. The number of benzene rings is 2. The fraction of sp³-hybridized carbons (Fsp3) is 0.278. The minimum Gasteiger partial charge on any atom is -0.496 e. The number of carbonyl (C=O) groups excluding carboxylic acids is 1. The molecule has 0 unspecified atom stereocenters. The van der Waals surface area contributed by atoms with Crippen LogP contribution in [0.2, 0.25) is 0 Å². The number of carbonyl (C=O) groups is 1. The molecule has 3 N–H and O–H groups in total. The lowest BCUT2D eigenvalue weighted by molar-refractivity contribution is 0.0955. The number of para-hydroxylation sites is 1. The van der Waals surface area contributed by atoms with Crippen LogP contribution in [0.25, 0.3) is 0 Å². The maximum absolute atomic E-state index is 12.2. The maximum Gasteiger partial charge on any atom is 0.253 e. The van der Waals surface area contributed by atoms with Crippen molar-refractivity contribution in [1.82, 2.24) is 5.32 Å². The van der Waals surface area contributed by atoms with Gasteiger partial charge in [-0.25, -0.2) is 0 Å². The van der Waals surface area contributed by atoms with Crippen LogP contribution in [-0.4, -0.2) is 33.8 Å². The van der Waals surface area contributed by atoms with Crippen molar-refractivity contribution in [2.45, 2.75) is 6.42 Å². The molecule has 0 atom stereocenters. The highest BCUT2D eigenvalue weighted by Crippen LogP contribution is 2.34. The smallest absolute Gasteiger partial charge is 0.253 e. The molecule has 0 aliphatic heterocycles. The predicted molar refractivity (Wildman–Crippen MR) is 100 cm³/mol. The number of hydrogen-bond acceptors (Lipinski definition) is 5. The monoisotopic (exact) mass is 366 g/mol. The summed E-state index contributed by atoms with van der Waals surface area (Å²) in [7, 11) is 4.75. The number of amides is 1. The molecule has 0 saturated heterocycles. The second-order valence-electron chi connectivity index (χ2n) is 5.10. The van der Waals surface area contributed by atoms with E-state index in [1.54, 1.807) is 57.7 Å². The van der Waals surface area contributed by atoms with Crippen LogP contribution >= 0.6 is 12.4 Å². The van der Waals surface area contributed by atoms with Crippen LogP contribution in [0.1, 0.15) is 15.9 Å². The lowest BCUT2D eigenvalue weighted by Crippen LogP contribution is -2.26. The summed E-state index contributed by atoms with van der Waals surface area (Å²) >= 11 is 0. The third kappa shape index (κ3) is 4.93. The van der Waals surface area contributed by atoms with E-state index in [-0.39, 0.29) is 18.3 Å². The van der Waals surface area contributed by atoms with Gasteiger partial charge in [0.1, 0.15) is 17.2 Å². The number of nitrogens with one attached hydrogen (secondary N) is 1. The Balaban J connectivity index is 0.00000312. The van der Waals surface area contributed by atoms with Crippen molar-refractivity contribution in [2.75, 3.05) is 33.6 Å². The van der Waals surface area contributed by atoms with E-state index in [0.717, 1.165) is 5.56 Å². The molecule has 0 saturated carbocycles. The van der Waals surface area contributed by atoms with Gasteiger partial charge in [0.2, 0.25) is 0 Å². The molecule has 1 amide bonds. The van der Waals surface area contributed by atoms with E-state index in [0.29, 0.717) is 41.5 Å². The lowest BCUT2D eigenvalue weighted by Gasteiger charge is -2.15. The first-order chi connectivity index (χ1) is 11.6. The number of ether oxygens (including phenoxy) is 3. The largest absolute Gasteiger partial charge is 0.496 e. The van der Waals surface area contributed by atoms with Gasteiger partial charge in [-0.3, -0.25) is 4.79 Å². The van der Waals surface area contributed by atoms with E-state index >= 15 is 0 Å². The fourth-order valence-electron chi connectivity index (χ4n) is 2.42. The Morgan fingerprint density at radius 2 is 1.64 bits per heavy atom. The Labute approximate surface area is 153 Å². The van der Waals surface area contributed by atoms with Crippen LogP contribution in [0, 0.1) is 0 Å². The minimum atomic E-state index is -0.209. The zero-order valence-electron chi connectivity index (χ0n) is 14.5. The van der Waals surface area contributed by atoms with Crippen LogP contribution < -0.4 is 25.3 Å². The topological polar surface area (TPSA) is 82.8 Å². The summed E-state index contributed by atoms with van der Waals surface area (Å²) in [6.07, 6.45) is 0.550. The molecular weight excluding hydrogens is 344 g/mol. The molecule has 0 radical (unpaired) electrons. The second kappa shape index (κ2) is 9.64. The highest BCUT2D eigenvalue weighted by atomic mass is 35.5. The molecule has 0 bridgehead atoms. The van der Waals surface area contributed by atoms with Crippen LogP contribution in [0.3, 0.4) is 0 Å². The highest BCUT2D eigenvalue weighted by Gasteiger charge is 2.14. The molecule has 136 valence electrons. The minimum absolute atomic E-state index is 0. The summed E-state index contributed by atoms with van der Waals surface area (Å²) in [5, 5.41) is 2.86. The van der Waals surface area contributed by atoms with Crippen molar-refractivity contribution in [3.63, 3.8) is 0 Å². The summed E-state index contributed by atoms with van der Waals surface area (Å²) in [5.74, 6) is 1.74. The van der Waals surface area contributed by atoms with Crippen molar-refractivity contribution in [3.8, 4) is 17.2 Å². The lowest BCUT2D eigenvalue weighted by atomic mass is 10.1. The fourth-order valence-corrected chi connectivity index (χ4v) is 2.42. The Kier molecular flexibility index (Phi) is 7.88. The second-order valence-corrected chi connectivity index (χ2v) is 5.10.